The number of nitrogens with zero attached hydrogens (tertiary/aromatic N) is 1. The molecule has 0 bridgehead atoms. The summed E-state index contributed by atoms with van der Waals surface area (Å²) in [7, 11) is -2.39. The van der Waals surface area contributed by atoms with Crippen LogP contribution in [0, 0.1) is 10.1 Å². The van der Waals surface area contributed by atoms with Gasteiger partial charge in [-0.3, -0.25) is 10.1 Å². The fraction of sp³-hybridized carbons (Fsp3) is 0.455. The molecule has 2 atom stereocenters. The molecule has 0 aliphatic carbocycles. The summed E-state index contributed by atoms with van der Waals surface area (Å²) < 4.78 is 32.3. The molecular weight excluding hydrogens is 322 g/mol. The van der Waals surface area contributed by atoms with E-state index in [1.54, 1.807) is 0 Å². The zero-order valence-electron chi connectivity index (χ0n) is 11.1. The van der Waals surface area contributed by atoms with Crippen LogP contribution in [0.25, 0.3) is 0 Å². The standard InChI is InChI=1S/C11H14ClN3O5S/c1-20-10-6-13-5-9(10)14-21(18,19)11-3-2-7(15(16)17)4-8(11)12/h2-4,9-10,13-14H,5-6H2,1H3/t9?,10-/m0/s1. The summed E-state index contributed by atoms with van der Waals surface area (Å²) in [6, 6.07) is 2.80. The van der Waals surface area contributed by atoms with E-state index in [-0.39, 0.29) is 21.7 Å². The molecule has 0 saturated carbocycles. The van der Waals surface area contributed by atoms with Gasteiger partial charge in [0.05, 0.1) is 22.1 Å². The normalized spacial score (nSPS) is 22.4. The Hall–Kier alpha value is -1.26. The minimum Gasteiger partial charge on any atom is -0.378 e. The minimum absolute atomic E-state index is 0.198. The molecule has 1 unspecified atom stereocenters. The first-order chi connectivity index (χ1) is 9.85. The molecule has 0 radical (unpaired) electrons. The van der Waals surface area contributed by atoms with Crippen molar-refractivity contribution in [2.24, 2.45) is 0 Å². The Morgan fingerprint density at radius 2 is 2.19 bits per heavy atom. The molecule has 2 N–H and O–H groups in total. The highest BCUT2D eigenvalue weighted by Gasteiger charge is 2.32. The Labute approximate surface area is 126 Å². The summed E-state index contributed by atoms with van der Waals surface area (Å²) in [5.74, 6) is 0. The zero-order valence-corrected chi connectivity index (χ0v) is 12.6. The van der Waals surface area contributed by atoms with Crippen molar-refractivity contribution >= 4 is 27.3 Å². The molecule has 8 nitrogen and oxygen atoms in total. The second-order valence-corrected chi connectivity index (χ2v) is 6.62. The van der Waals surface area contributed by atoms with Crippen molar-refractivity contribution < 1.29 is 18.1 Å². The predicted molar refractivity (Wildman–Crippen MR) is 75.9 cm³/mol. The third kappa shape index (κ3) is 3.50. The van der Waals surface area contributed by atoms with E-state index < -0.39 is 21.0 Å². The SMILES string of the molecule is CO[C@H]1CNCC1NS(=O)(=O)c1ccc([N+](=O)[O-])cc1Cl. The summed E-state index contributed by atoms with van der Waals surface area (Å²) >= 11 is 5.84. The van der Waals surface area contributed by atoms with Crippen molar-refractivity contribution in [1.82, 2.24) is 10.0 Å². The monoisotopic (exact) mass is 335 g/mol. The van der Waals surface area contributed by atoms with Gasteiger partial charge in [0, 0.05) is 32.3 Å². The Morgan fingerprint density at radius 3 is 2.76 bits per heavy atom. The first kappa shape index (κ1) is 16.1. The van der Waals surface area contributed by atoms with E-state index in [1.807, 2.05) is 0 Å². The van der Waals surface area contributed by atoms with Crippen LogP contribution in [0.4, 0.5) is 5.69 Å². The Morgan fingerprint density at radius 1 is 1.48 bits per heavy atom. The van der Waals surface area contributed by atoms with E-state index >= 15 is 0 Å². The third-order valence-electron chi connectivity index (χ3n) is 3.18. The van der Waals surface area contributed by atoms with Gasteiger partial charge in [-0.25, -0.2) is 13.1 Å². The quantitative estimate of drug-likeness (QED) is 0.599. The maximum Gasteiger partial charge on any atom is 0.271 e. The highest BCUT2D eigenvalue weighted by atomic mass is 35.5. The molecule has 1 heterocycles. The van der Waals surface area contributed by atoms with Crippen LogP contribution in [-0.4, -0.2) is 45.7 Å². The van der Waals surface area contributed by atoms with Gasteiger partial charge in [0.25, 0.3) is 5.69 Å². The fourth-order valence-corrected chi connectivity index (χ4v) is 3.91. The van der Waals surface area contributed by atoms with Gasteiger partial charge in [0.15, 0.2) is 0 Å². The number of nitro benzene ring substituents is 1. The molecule has 2 rings (SSSR count). The summed E-state index contributed by atoms with van der Waals surface area (Å²) in [4.78, 5) is 9.79. The van der Waals surface area contributed by atoms with Crippen molar-refractivity contribution in [1.29, 1.82) is 0 Å². The van der Waals surface area contributed by atoms with Crippen LogP contribution in [-0.2, 0) is 14.8 Å². The maximum atomic E-state index is 12.3. The van der Waals surface area contributed by atoms with Gasteiger partial charge in [0.1, 0.15) is 4.90 Å². The molecule has 0 amide bonds. The van der Waals surface area contributed by atoms with Gasteiger partial charge < -0.3 is 10.1 Å². The second-order valence-electron chi connectivity index (χ2n) is 4.53. The van der Waals surface area contributed by atoms with E-state index in [2.05, 4.69) is 10.0 Å². The van der Waals surface area contributed by atoms with Gasteiger partial charge in [0.2, 0.25) is 10.0 Å². The van der Waals surface area contributed by atoms with Crippen LogP contribution in [0.3, 0.4) is 0 Å². The highest BCUT2D eigenvalue weighted by Crippen LogP contribution is 2.26. The second kappa shape index (κ2) is 6.24. The van der Waals surface area contributed by atoms with Crippen LogP contribution in [0.1, 0.15) is 0 Å². The van der Waals surface area contributed by atoms with Gasteiger partial charge in [-0.15, -0.1) is 0 Å². The zero-order chi connectivity index (χ0) is 15.6. The number of hydrogen-bond acceptors (Lipinski definition) is 6. The highest BCUT2D eigenvalue weighted by molar-refractivity contribution is 7.89. The Bertz CT molecular complexity index is 651. The van der Waals surface area contributed by atoms with Crippen LogP contribution in [0.5, 0.6) is 0 Å². The number of non-ortho nitro benzene ring substituents is 1. The van der Waals surface area contributed by atoms with Crippen LogP contribution in [0.2, 0.25) is 5.02 Å². The summed E-state index contributed by atoms with van der Waals surface area (Å²) in [5.41, 5.74) is -0.267. The smallest absolute Gasteiger partial charge is 0.271 e. The van der Waals surface area contributed by atoms with Gasteiger partial charge >= 0.3 is 0 Å². The fourth-order valence-electron chi connectivity index (χ4n) is 2.10. The first-order valence-electron chi connectivity index (χ1n) is 6.05. The number of sulfonamides is 1. The minimum atomic E-state index is -3.88. The average Bonchev–Trinajstić information content (AvgIpc) is 2.84. The molecule has 1 aromatic rings. The number of hydrogen-bond donors (Lipinski definition) is 2. The summed E-state index contributed by atoms with van der Waals surface area (Å²) in [6.07, 6.45) is -0.281. The molecule has 1 aromatic carbocycles. The molecular formula is C11H14ClN3O5S. The van der Waals surface area contributed by atoms with E-state index in [1.165, 1.54) is 7.11 Å². The van der Waals surface area contributed by atoms with Crippen molar-refractivity contribution in [3.8, 4) is 0 Å². The topological polar surface area (TPSA) is 111 Å². The van der Waals surface area contributed by atoms with Crippen molar-refractivity contribution in [2.75, 3.05) is 20.2 Å². The lowest BCUT2D eigenvalue weighted by Crippen LogP contribution is -2.43. The Kier molecular flexibility index (Phi) is 4.79. The largest absolute Gasteiger partial charge is 0.378 e. The molecule has 0 spiro atoms. The van der Waals surface area contributed by atoms with Crippen LogP contribution < -0.4 is 10.0 Å². The third-order valence-corrected chi connectivity index (χ3v) is 5.16. The summed E-state index contributed by atoms with van der Waals surface area (Å²) in [5, 5.41) is 13.4. The predicted octanol–water partition coefficient (Wildman–Crippen LogP) is 0.513. The lowest BCUT2D eigenvalue weighted by atomic mass is 10.2. The van der Waals surface area contributed by atoms with Crippen molar-refractivity contribution in [3.63, 3.8) is 0 Å². The van der Waals surface area contributed by atoms with Crippen LogP contribution >= 0.6 is 11.6 Å². The van der Waals surface area contributed by atoms with E-state index in [0.29, 0.717) is 13.1 Å². The number of ether oxygens (including phenoxy) is 1. The maximum absolute atomic E-state index is 12.3. The van der Waals surface area contributed by atoms with Crippen molar-refractivity contribution in [3.05, 3.63) is 33.3 Å². The number of methoxy groups -OCH3 is 1. The van der Waals surface area contributed by atoms with Gasteiger partial charge in [-0.1, -0.05) is 11.6 Å². The molecule has 10 heteroatoms. The number of nitro groups is 1. The number of rotatable bonds is 5. The van der Waals surface area contributed by atoms with E-state index in [9.17, 15) is 18.5 Å². The molecule has 116 valence electrons. The molecule has 21 heavy (non-hydrogen) atoms. The number of nitrogens with one attached hydrogen (secondary N) is 2. The lowest BCUT2D eigenvalue weighted by molar-refractivity contribution is -0.384. The van der Waals surface area contributed by atoms with Gasteiger partial charge in [-0.2, -0.15) is 0 Å². The van der Waals surface area contributed by atoms with Crippen LogP contribution in [0.15, 0.2) is 23.1 Å². The van der Waals surface area contributed by atoms with Crippen molar-refractivity contribution in [2.45, 2.75) is 17.0 Å². The molecule has 0 aromatic heterocycles. The lowest BCUT2D eigenvalue weighted by Gasteiger charge is -2.18. The summed E-state index contributed by atoms with van der Waals surface area (Å²) in [6.45, 7) is 0.972. The molecule has 1 aliphatic rings. The van der Waals surface area contributed by atoms with Gasteiger partial charge in [-0.05, 0) is 6.07 Å². The first-order valence-corrected chi connectivity index (χ1v) is 7.91. The number of halogens is 1. The van der Waals surface area contributed by atoms with E-state index in [4.69, 9.17) is 16.3 Å². The van der Waals surface area contributed by atoms with E-state index in [0.717, 1.165) is 18.2 Å². The molecule has 1 saturated heterocycles. The molecule has 1 aliphatic heterocycles. The number of benzene rings is 1. The molecule has 1 fully saturated rings. The Balaban J connectivity index is 2.25. The average molecular weight is 336 g/mol.